The van der Waals surface area contributed by atoms with Crippen LogP contribution in [0, 0.1) is 11.8 Å². The van der Waals surface area contributed by atoms with Crippen LogP contribution in [-0.2, 0) is 14.3 Å². The fourth-order valence-electron chi connectivity index (χ4n) is 2.55. The largest absolute Gasteiger partial charge is 0.350 e. The molecular formula is C13H23NO3. The van der Waals surface area contributed by atoms with Crippen molar-refractivity contribution < 1.29 is 14.3 Å². The highest BCUT2D eigenvalue weighted by atomic mass is 16.7. The van der Waals surface area contributed by atoms with Crippen LogP contribution in [0.15, 0.2) is 0 Å². The number of carbonyl (C=O) groups excluding carboxylic acids is 1. The molecule has 1 amide bonds. The summed E-state index contributed by atoms with van der Waals surface area (Å²) < 4.78 is 11.1. The van der Waals surface area contributed by atoms with Crippen molar-refractivity contribution in [3.8, 4) is 0 Å². The maximum atomic E-state index is 11.9. The van der Waals surface area contributed by atoms with Crippen LogP contribution in [-0.4, -0.2) is 43.4 Å². The average Bonchev–Trinajstić information content (AvgIpc) is 2.82. The fourth-order valence-corrected chi connectivity index (χ4v) is 2.55. The SMILES string of the molecule is CC(C)CC(=O)N1CCC(C2OCCO2)CC1. The van der Waals surface area contributed by atoms with Crippen LogP contribution >= 0.6 is 0 Å². The summed E-state index contributed by atoms with van der Waals surface area (Å²) in [6, 6.07) is 0. The van der Waals surface area contributed by atoms with Gasteiger partial charge in [0.15, 0.2) is 6.29 Å². The molecule has 2 saturated heterocycles. The molecule has 2 heterocycles. The van der Waals surface area contributed by atoms with Crippen molar-refractivity contribution in [2.45, 2.75) is 39.4 Å². The molecule has 0 bridgehead atoms. The van der Waals surface area contributed by atoms with Gasteiger partial charge < -0.3 is 14.4 Å². The van der Waals surface area contributed by atoms with E-state index in [0.717, 1.165) is 39.1 Å². The molecule has 0 atom stereocenters. The number of ether oxygens (including phenoxy) is 2. The van der Waals surface area contributed by atoms with E-state index in [4.69, 9.17) is 9.47 Å². The molecule has 2 rings (SSSR count). The van der Waals surface area contributed by atoms with Gasteiger partial charge in [0, 0.05) is 25.4 Å². The van der Waals surface area contributed by atoms with Gasteiger partial charge in [-0.3, -0.25) is 4.79 Å². The van der Waals surface area contributed by atoms with Crippen molar-refractivity contribution in [1.29, 1.82) is 0 Å². The van der Waals surface area contributed by atoms with Gasteiger partial charge in [-0.25, -0.2) is 0 Å². The van der Waals surface area contributed by atoms with Crippen molar-refractivity contribution in [3.05, 3.63) is 0 Å². The van der Waals surface area contributed by atoms with Gasteiger partial charge in [0.05, 0.1) is 13.2 Å². The third-order valence-electron chi connectivity index (χ3n) is 3.51. The third kappa shape index (κ3) is 3.42. The first kappa shape index (κ1) is 12.8. The van der Waals surface area contributed by atoms with Crippen molar-refractivity contribution in [2.24, 2.45) is 11.8 Å². The molecule has 0 aromatic heterocycles. The number of amides is 1. The first-order valence-corrected chi connectivity index (χ1v) is 6.68. The Labute approximate surface area is 103 Å². The smallest absolute Gasteiger partial charge is 0.222 e. The van der Waals surface area contributed by atoms with E-state index in [1.165, 1.54) is 0 Å². The molecule has 0 aliphatic carbocycles. The molecular weight excluding hydrogens is 218 g/mol. The van der Waals surface area contributed by atoms with Crippen LogP contribution in [0.1, 0.15) is 33.1 Å². The maximum absolute atomic E-state index is 11.9. The summed E-state index contributed by atoms with van der Waals surface area (Å²) in [5.41, 5.74) is 0. The highest BCUT2D eigenvalue weighted by Crippen LogP contribution is 2.26. The van der Waals surface area contributed by atoms with E-state index in [9.17, 15) is 4.79 Å². The van der Waals surface area contributed by atoms with Crippen LogP contribution in [0.25, 0.3) is 0 Å². The highest BCUT2D eigenvalue weighted by Gasteiger charge is 2.31. The molecule has 0 saturated carbocycles. The van der Waals surface area contributed by atoms with Gasteiger partial charge in [0.1, 0.15) is 0 Å². The van der Waals surface area contributed by atoms with Gasteiger partial charge in [0.25, 0.3) is 0 Å². The fraction of sp³-hybridized carbons (Fsp3) is 0.923. The molecule has 4 heteroatoms. The normalized spacial score (nSPS) is 23.6. The molecule has 4 nitrogen and oxygen atoms in total. The quantitative estimate of drug-likeness (QED) is 0.754. The number of nitrogens with zero attached hydrogens (tertiary/aromatic N) is 1. The summed E-state index contributed by atoms with van der Waals surface area (Å²) in [6.45, 7) is 7.34. The van der Waals surface area contributed by atoms with E-state index >= 15 is 0 Å². The summed E-state index contributed by atoms with van der Waals surface area (Å²) >= 11 is 0. The molecule has 2 fully saturated rings. The topological polar surface area (TPSA) is 38.8 Å². The maximum Gasteiger partial charge on any atom is 0.222 e. The molecule has 0 unspecified atom stereocenters. The molecule has 17 heavy (non-hydrogen) atoms. The second-order valence-corrected chi connectivity index (χ2v) is 5.43. The molecule has 98 valence electrons. The van der Waals surface area contributed by atoms with Crippen molar-refractivity contribution in [1.82, 2.24) is 4.90 Å². The Bertz CT molecular complexity index is 253. The molecule has 0 spiro atoms. The predicted octanol–water partition coefficient (Wildman–Crippen LogP) is 1.64. The molecule has 0 N–H and O–H groups in total. The predicted molar refractivity (Wildman–Crippen MR) is 64.5 cm³/mol. The van der Waals surface area contributed by atoms with Crippen LogP contribution in [0.3, 0.4) is 0 Å². The minimum Gasteiger partial charge on any atom is -0.350 e. The monoisotopic (exact) mass is 241 g/mol. The number of carbonyl (C=O) groups is 1. The Balaban J connectivity index is 1.75. The minimum absolute atomic E-state index is 0.0163. The summed E-state index contributed by atoms with van der Waals surface area (Å²) in [7, 11) is 0. The molecule has 0 aromatic rings. The summed E-state index contributed by atoms with van der Waals surface area (Å²) in [5, 5.41) is 0. The zero-order valence-corrected chi connectivity index (χ0v) is 10.9. The van der Waals surface area contributed by atoms with Gasteiger partial charge in [0.2, 0.25) is 5.91 Å². The molecule has 2 aliphatic heterocycles. The van der Waals surface area contributed by atoms with Crippen LogP contribution < -0.4 is 0 Å². The third-order valence-corrected chi connectivity index (χ3v) is 3.51. The average molecular weight is 241 g/mol. The number of piperidine rings is 1. The lowest BCUT2D eigenvalue weighted by Gasteiger charge is -2.34. The number of rotatable bonds is 3. The Morgan fingerprint density at radius 2 is 1.82 bits per heavy atom. The van der Waals surface area contributed by atoms with Crippen LogP contribution in [0.4, 0.5) is 0 Å². The van der Waals surface area contributed by atoms with Crippen molar-refractivity contribution in [3.63, 3.8) is 0 Å². The molecule has 0 radical (unpaired) electrons. The van der Waals surface area contributed by atoms with E-state index in [1.54, 1.807) is 0 Å². The second-order valence-electron chi connectivity index (χ2n) is 5.43. The lowest BCUT2D eigenvalue weighted by atomic mass is 9.95. The lowest BCUT2D eigenvalue weighted by Crippen LogP contribution is -2.41. The van der Waals surface area contributed by atoms with Gasteiger partial charge >= 0.3 is 0 Å². The van der Waals surface area contributed by atoms with E-state index in [2.05, 4.69) is 13.8 Å². The van der Waals surface area contributed by atoms with Gasteiger partial charge in [-0.2, -0.15) is 0 Å². The van der Waals surface area contributed by atoms with Crippen molar-refractivity contribution in [2.75, 3.05) is 26.3 Å². The van der Waals surface area contributed by atoms with Gasteiger partial charge in [-0.05, 0) is 18.8 Å². The summed E-state index contributed by atoms with van der Waals surface area (Å²) in [5.74, 6) is 1.22. The lowest BCUT2D eigenvalue weighted by molar-refractivity contribution is -0.137. The van der Waals surface area contributed by atoms with E-state index in [-0.39, 0.29) is 6.29 Å². The minimum atomic E-state index is -0.0163. The van der Waals surface area contributed by atoms with Gasteiger partial charge in [-0.1, -0.05) is 13.8 Å². The van der Waals surface area contributed by atoms with Gasteiger partial charge in [-0.15, -0.1) is 0 Å². The summed E-state index contributed by atoms with van der Waals surface area (Å²) in [6.07, 6.45) is 2.67. The Morgan fingerprint density at radius 1 is 1.24 bits per heavy atom. The number of likely N-dealkylation sites (tertiary alicyclic amines) is 1. The van der Waals surface area contributed by atoms with E-state index in [0.29, 0.717) is 24.2 Å². The molecule has 0 aromatic carbocycles. The zero-order valence-electron chi connectivity index (χ0n) is 10.9. The number of hydrogen-bond donors (Lipinski definition) is 0. The van der Waals surface area contributed by atoms with Crippen LogP contribution in [0.2, 0.25) is 0 Å². The van der Waals surface area contributed by atoms with Crippen molar-refractivity contribution >= 4 is 5.91 Å². The van der Waals surface area contributed by atoms with E-state index < -0.39 is 0 Å². The van der Waals surface area contributed by atoms with Crippen LogP contribution in [0.5, 0.6) is 0 Å². The highest BCUT2D eigenvalue weighted by molar-refractivity contribution is 5.76. The first-order valence-electron chi connectivity index (χ1n) is 6.68. The van der Waals surface area contributed by atoms with E-state index in [1.807, 2.05) is 4.90 Å². The zero-order chi connectivity index (χ0) is 12.3. The Morgan fingerprint density at radius 3 is 2.35 bits per heavy atom. The number of hydrogen-bond acceptors (Lipinski definition) is 3. The Kier molecular flexibility index (Phi) is 4.40. The summed E-state index contributed by atoms with van der Waals surface area (Å²) in [4.78, 5) is 13.9. The molecule has 2 aliphatic rings. The second kappa shape index (κ2) is 5.83. The Hall–Kier alpha value is -0.610. The first-order chi connectivity index (χ1) is 8.16. The standard InChI is InChI=1S/C13H23NO3/c1-10(2)9-12(15)14-5-3-11(4-6-14)13-16-7-8-17-13/h10-11,13H,3-9H2,1-2H3.